The average molecular weight is 502 g/mol. The van der Waals surface area contributed by atoms with Crippen molar-refractivity contribution in [3.63, 3.8) is 0 Å². The second-order valence-corrected chi connectivity index (χ2v) is 7.88. The van der Waals surface area contributed by atoms with E-state index in [0.29, 0.717) is 27.6 Å². The predicted octanol–water partition coefficient (Wildman–Crippen LogP) is 6.18. The molecule has 0 saturated carbocycles. The van der Waals surface area contributed by atoms with E-state index in [2.05, 4.69) is 15.3 Å². The van der Waals surface area contributed by atoms with Gasteiger partial charge in [0.2, 0.25) is 0 Å². The summed E-state index contributed by atoms with van der Waals surface area (Å²) < 4.78 is 49.9. The molecule has 6 nitrogen and oxygen atoms in total. The number of fused-ring (bicyclic) bond motifs is 1. The highest BCUT2D eigenvalue weighted by Gasteiger charge is 2.30. The number of aromatic amines is 1. The standard InChI is InChI=1S/C25H19ClF3N3O3/c1-34-21-10-5-15(12-22(21)35-2)24(33)32-20(11-14-3-7-17(26)8-4-14)23-30-18-9-6-16(25(27,28)29)13-19(18)31-23/h3-13H,1-2H3,(H,30,31)(H,32,33). The van der Waals surface area contributed by atoms with E-state index in [0.717, 1.165) is 12.1 Å². The molecule has 0 aliphatic carbocycles. The zero-order chi connectivity index (χ0) is 25.2. The summed E-state index contributed by atoms with van der Waals surface area (Å²) in [5, 5.41) is 3.31. The highest BCUT2D eigenvalue weighted by Crippen LogP contribution is 2.32. The Bertz CT molecular complexity index is 1410. The third-order valence-electron chi connectivity index (χ3n) is 5.14. The molecular weight excluding hydrogens is 483 g/mol. The van der Waals surface area contributed by atoms with E-state index in [-0.39, 0.29) is 22.6 Å². The molecule has 0 radical (unpaired) electrons. The fourth-order valence-corrected chi connectivity index (χ4v) is 3.50. The summed E-state index contributed by atoms with van der Waals surface area (Å²) in [6.07, 6.45) is -2.86. The van der Waals surface area contributed by atoms with Crippen LogP contribution in [0.15, 0.2) is 60.7 Å². The van der Waals surface area contributed by atoms with Gasteiger partial charge in [-0.1, -0.05) is 23.7 Å². The van der Waals surface area contributed by atoms with E-state index >= 15 is 0 Å². The zero-order valence-corrected chi connectivity index (χ0v) is 19.3. The molecular formula is C25H19ClF3N3O3. The monoisotopic (exact) mass is 501 g/mol. The van der Waals surface area contributed by atoms with Crippen molar-refractivity contribution < 1.29 is 27.4 Å². The first-order valence-electron chi connectivity index (χ1n) is 10.3. The van der Waals surface area contributed by atoms with Gasteiger partial charge in [0.25, 0.3) is 5.91 Å². The topological polar surface area (TPSA) is 76.2 Å². The van der Waals surface area contributed by atoms with E-state index in [4.69, 9.17) is 21.1 Å². The number of nitrogens with zero attached hydrogens (tertiary/aromatic N) is 1. The van der Waals surface area contributed by atoms with Crippen molar-refractivity contribution in [2.24, 2.45) is 0 Å². The minimum Gasteiger partial charge on any atom is -0.493 e. The van der Waals surface area contributed by atoms with Gasteiger partial charge in [-0.25, -0.2) is 4.98 Å². The number of alkyl halides is 3. The van der Waals surface area contributed by atoms with Gasteiger partial charge in [0, 0.05) is 10.6 Å². The van der Waals surface area contributed by atoms with Crippen LogP contribution in [0.5, 0.6) is 11.5 Å². The lowest BCUT2D eigenvalue weighted by Crippen LogP contribution is -2.22. The highest BCUT2D eigenvalue weighted by molar-refractivity contribution is 6.30. The second kappa shape index (κ2) is 9.71. The largest absolute Gasteiger partial charge is 0.493 e. The normalized spacial score (nSPS) is 12.0. The van der Waals surface area contributed by atoms with Crippen LogP contribution in [0, 0.1) is 0 Å². The first kappa shape index (κ1) is 24.2. The molecule has 1 amide bonds. The van der Waals surface area contributed by atoms with Crippen molar-refractivity contribution >= 4 is 40.3 Å². The van der Waals surface area contributed by atoms with Gasteiger partial charge in [-0.3, -0.25) is 4.79 Å². The Kier molecular flexibility index (Phi) is 6.70. The van der Waals surface area contributed by atoms with Crippen LogP contribution in [0.25, 0.3) is 22.8 Å². The Morgan fingerprint density at radius 3 is 2.37 bits per heavy atom. The minimum absolute atomic E-state index is 0.178. The van der Waals surface area contributed by atoms with Crippen LogP contribution in [-0.2, 0) is 6.18 Å². The summed E-state index contributed by atoms with van der Waals surface area (Å²) in [6, 6.07) is 14.7. The fourth-order valence-electron chi connectivity index (χ4n) is 3.37. The Morgan fingerprint density at radius 1 is 1.00 bits per heavy atom. The molecule has 3 aromatic carbocycles. The molecule has 10 heteroatoms. The first-order chi connectivity index (χ1) is 16.7. The van der Waals surface area contributed by atoms with Crippen molar-refractivity contribution in [1.82, 2.24) is 15.3 Å². The van der Waals surface area contributed by atoms with Gasteiger partial charge >= 0.3 is 6.18 Å². The number of rotatable bonds is 6. The molecule has 35 heavy (non-hydrogen) atoms. The number of hydrogen-bond acceptors (Lipinski definition) is 4. The molecule has 0 aliphatic rings. The Morgan fingerprint density at radius 2 is 1.71 bits per heavy atom. The highest BCUT2D eigenvalue weighted by atomic mass is 35.5. The van der Waals surface area contributed by atoms with Gasteiger partial charge in [-0.05, 0) is 60.2 Å². The lowest BCUT2D eigenvalue weighted by atomic mass is 10.1. The fraction of sp³-hybridized carbons (Fsp3) is 0.120. The van der Waals surface area contributed by atoms with E-state index < -0.39 is 17.6 Å². The molecule has 180 valence electrons. The lowest BCUT2D eigenvalue weighted by molar-refractivity contribution is -0.137. The minimum atomic E-state index is -4.50. The number of aromatic nitrogens is 2. The van der Waals surface area contributed by atoms with Gasteiger partial charge in [0.15, 0.2) is 17.3 Å². The lowest BCUT2D eigenvalue weighted by Gasteiger charge is -2.11. The molecule has 0 unspecified atom stereocenters. The van der Waals surface area contributed by atoms with Crippen molar-refractivity contribution in [3.8, 4) is 11.5 Å². The number of halogens is 4. The number of carbonyl (C=O) groups is 1. The number of nitrogens with one attached hydrogen (secondary N) is 2. The van der Waals surface area contributed by atoms with Crippen molar-refractivity contribution in [1.29, 1.82) is 0 Å². The van der Waals surface area contributed by atoms with Crippen LogP contribution >= 0.6 is 11.6 Å². The predicted molar refractivity (Wildman–Crippen MR) is 127 cm³/mol. The number of amides is 1. The van der Waals surface area contributed by atoms with E-state index in [1.54, 1.807) is 42.5 Å². The Balaban J connectivity index is 1.75. The van der Waals surface area contributed by atoms with Crippen LogP contribution in [0.1, 0.15) is 27.3 Å². The van der Waals surface area contributed by atoms with Gasteiger partial charge < -0.3 is 19.8 Å². The third kappa shape index (κ3) is 5.41. The number of ether oxygens (including phenoxy) is 2. The van der Waals surface area contributed by atoms with E-state index in [1.165, 1.54) is 26.4 Å². The van der Waals surface area contributed by atoms with Gasteiger partial charge in [-0.2, -0.15) is 13.2 Å². The van der Waals surface area contributed by atoms with Gasteiger partial charge in [0.05, 0.1) is 36.5 Å². The number of benzene rings is 3. The summed E-state index contributed by atoms with van der Waals surface area (Å²) >= 11 is 5.96. The van der Waals surface area contributed by atoms with E-state index in [1.807, 2.05) is 0 Å². The summed E-state index contributed by atoms with van der Waals surface area (Å²) in [7, 11) is 2.94. The molecule has 0 atom stereocenters. The third-order valence-corrected chi connectivity index (χ3v) is 5.39. The molecule has 0 bridgehead atoms. The van der Waals surface area contributed by atoms with Crippen LogP contribution in [0.2, 0.25) is 5.02 Å². The molecule has 0 saturated heterocycles. The van der Waals surface area contributed by atoms with Gasteiger partial charge in [0.1, 0.15) is 0 Å². The summed E-state index contributed by atoms with van der Waals surface area (Å²) in [5.41, 5.74) is 0.899. The number of H-pyrrole nitrogens is 1. The SMILES string of the molecule is COc1ccc(C(=O)NC(=Cc2ccc(Cl)cc2)c2nc3ccc(C(F)(F)F)cc3[nH]2)cc1OC. The number of hydrogen-bond donors (Lipinski definition) is 2. The van der Waals surface area contributed by atoms with Gasteiger partial charge in [-0.15, -0.1) is 0 Å². The summed E-state index contributed by atoms with van der Waals surface area (Å²) in [4.78, 5) is 20.3. The van der Waals surface area contributed by atoms with Crippen LogP contribution < -0.4 is 14.8 Å². The summed E-state index contributed by atoms with van der Waals surface area (Å²) in [6.45, 7) is 0. The maximum Gasteiger partial charge on any atom is 0.416 e. The maximum atomic E-state index is 13.1. The van der Waals surface area contributed by atoms with Crippen LogP contribution in [0.4, 0.5) is 13.2 Å². The summed E-state index contributed by atoms with van der Waals surface area (Å²) in [5.74, 6) is 0.524. The molecule has 0 fully saturated rings. The van der Waals surface area contributed by atoms with Crippen molar-refractivity contribution in [2.45, 2.75) is 6.18 Å². The van der Waals surface area contributed by atoms with E-state index in [9.17, 15) is 18.0 Å². The number of methoxy groups -OCH3 is 2. The smallest absolute Gasteiger partial charge is 0.416 e. The molecule has 0 spiro atoms. The first-order valence-corrected chi connectivity index (χ1v) is 10.6. The van der Waals surface area contributed by atoms with Crippen LogP contribution in [0.3, 0.4) is 0 Å². The van der Waals surface area contributed by atoms with Crippen LogP contribution in [-0.4, -0.2) is 30.1 Å². The zero-order valence-electron chi connectivity index (χ0n) is 18.5. The molecule has 4 rings (SSSR count). The average Bonchev–Trinajstić information content (AvgIpc) is 3.27. The number of carbonyl (C=O) groups excluding carboxylic acids is 1. The maximum absolute atomic E-state index is 13.1. The Hall–Kier alpha value is -3.98. The Labute approximate surface area is 203 Å². The molecule has 0 aliphatic heterocycles. The second-order valence-electron chi connectivity index (χ2n) is 7.45. The van der Waals surface area contributed by atoms with Crippen molar-refractivity contribution in [3.05, 3.63) is 88.2 Å². The quantitative estimate of drug-likeness (QED) is 0.331. The molecule has 2 N–H and O–H groups in total. The molecule has 1 aromatic heterocycles. The molecule has 4 aromatic rings. The van der Waals surface area contributed by atoms with Crippen molar-refractivity contribution in [2.75, 3.05) is 14.2 Å². The molecule has 1 heterocycles. The number of imidazole rings is 1.